The van der Waals surface area contributed by atoms with Gasteiger partial charge >= 0.3 is 0 Å². The molecule has 2 aliphatic rings. The molecular weight excluding hydrogens is 346 g/mol. The van der Waals surface area contributed by atoms with Crippen LogP contribution in [-0.4, -0.2) is 75.2 Å². The standard InChI is InChI=1S/C20H25N3O4/c1-21(2)14-7-8-23(13-14)19(25)17-18(24)15-5-3-4-6-16(15)27-20(17)22-9-11-26-12-10-22/h3-6,14H,7-13H2,1-2H3/t14-/m1/s1. The van der Waals surface area contributed by atoms with Gasteiger partial charge in [0.15, 0.2) is 0 Å². The van der Waals surface area contributed by atoms with Crippen LogP contribution >= 0.6 is 0 Å². The van der Waals surface area contributed by atoms with Gasteiger partial charge in [-0.05, 0) is 32.6 Å². The molecule has 2 aliphatic heterocycles. The molecule has 1 aromatic heterocycles. The summed E-state index contributed by atoms with van der Waals surface area (Å²) in [6, 6.07) is 7.42. The van der Waals surface area contributed by atoms with Gasteiger partial charge in [0, 0.05) is 32.2 Å². The van der Waals surface area contributed by atoms with Crippen molar-refractivity contribution in [1.29, 1.82) is 0 Å². The Hall–Kier alpha value is -2.38. The zero-order valence-corrected chi connectivity index (χ0v) is 15.8. The zero-order chi connectivity index (χ0) is 19.0. The fourth-order valence-electron chi connectivity index (χ4n) is 3.81. The zero-order valence-electron chi connectivity index (χ0n) is 15.8. The minimum absolute atomic E-state index is 0.148. The molecule has 2 fully saturated rings. The fraction of sp³-hybridized carbons (Fsp3) is 0.500. The first-order chi connectivity index (χ1) is 13.1. The third kappa shape index (κ3) is 3.33. The highest BCUT2D eigenvalue weighted by Gasteiger charge is 2.33. The van der Waals surface area contributed by atoms with Crippen molar-refractivity contribution < 1.29 is 13.9 Å². The molecule has 1 amide bonds. The first-order valence-electron chi connectivity index (χ1n) is 9.40. The van der Waals surface area contributed by atoms with Crippen LogP contribution in [0.2, 0.25) is 0 Å². The smallest absolute Gasteiger partial charge is 0.263 e. The molecule has 3 heterocycles. The van der Waals surface area contributed by atoms with Crippen LogP contribution in [0, 0.1) is 0 Å². The van der Waals surface area contributed by atoms with Crippen LogP contribution in [0.15, 0.2) is 33.5 Å². The van der Waals surface area contributed by atoms with Crippen molar-refractivity contribution in [2.75, 3.05) is 58.4 Å². The van der Waals surface area contributed by atoms with E-state index in [0.29, 0.717) is 62.3 Å². The van der Waals surface area contributed by atoms with Gasteiger partial charge in [-0.15, -0.1) is 0 Å². The van der Waals surface area contributed by atoms with E-state index < -0.39 is 0 Å². The average Bonchev–Trinajstić information content (AvgIpc) is 3.19. The molecule has 1 aromatic carbocycles. The monoisotopic (exact) mass is 371 g/mol. The SMILES string of the molecule is CN(C)[C@@H]1CCN(C(=O)c2c(N3CCOCC3)oc3ccccc3c2=O)C1. The first-order valence-corrected chi connectivity index (χ1v) is 9.40. The van der Waals surface area contributed by atoms with E-state index in [2.05, 4.69) is 4.90 Å². The molecule has 0 N–H and O–H groups in total. The van der Waals surface area contributed by atoms with Gasteiger partial charge in [0.05, 0.1) is 18.6 Å². The summed E-state index contributed by atoms with van der Waals surface area (Å²) in [6.07, 6.45) is 0.907. The second kappa shape index (κ2) is 7.32. The van der Waals surface area contributed by atoms with Gasteiger partial charge in [0.25, 0.3) is 5.91 Å². The van der Waals surface area contributed by atoms with E-state index in [1.807, 2.05) is 25.1 Å². The summed E-state index contributed by atoms with van der Waals surface area (Å²) in [7, 11) is 4.03. The number of fused-ring (bicyclic) bond motifs is 1. The summed E-state index contributed by atoms with van der Waals surface area (Å²) in [5.41, 5.74) is 0.403. The first kappa shape index (κ1) is 18.0. The third-order valence-corrected chi connectivity index (χ3v) is 5.47. The Morgan fingerprint density at radius 2 is 1.89 bits per heavy atom. The maximum atomic E-state index is 13.3. The number of para-hydroxylation sites is 1. The van der Waals surface area contributed by atoms with Gasteiger partial charge in [-0.25, -0.2) is 0 Å². The van der Waals surface area contributed by atoms with Gasteiger partial charge in [-0.2, -0.15) is 0 Å². The molecule has 0 bridgehead atoms. The van der Waals surface area contributed by atoms with Crippen molar-refractivity contribution in [3.63, 3.8) is 0 Å². The summed E-state index contributed by atoms with van der Waals surface area (Å²) >= 11 is 0. The molecule has 7 nitrogen and oxygen atoms in total. The summed E-state index contributed by atoms with van der Waals surface area (Å²) in [5, 5.41) is 0.446. The summed E-state index contributed by atoms with van der Waals surface area (Å²) in [6.45, 7) is 3.58. The quantitative estimate of drug-likeness (QED) is 0.813. The fourth-order valence-corrected chi connectivity index (χ4v) is 3.81. The molecule has 2 aromatic rings. The van der Waals surface area contributed by atoms with E-state index in [1.165, 1.54) is 0 Å². The van der Waals surface area contributed by atoms with Crippen molar-refractivity contribution in [2.24, 2.45) is 0 Å². The largest absolute Gasteiger partial charge is 0.439 e. The molecule has 0 spiro atoms. The third-order valence-electron chi connectivity index (χ3n) is 5.47. The molecule has 4 rings (SSSR count). The molecule has 7 heteroatoms. The predicted octanol–water partition coefficient (Wildman–Crippen LogP) is 1.41. The second-order valence-electron chi connectivity index (χ2n) is 7.36. The van der Waals surface area contributed by atoms with Gasteiger partial charge in [-0.1, -0.05) is 12.1 Å². The van der Waals surface area contributed by atoms with Gasteiger partial charge in [0.2, 0.25) is 11.3 Å². The number of benzene rings is 1. The van der Waals surface area contributed by atoms with Crippen molar-refractivity contribution in [1.82, 2.24) is 9.80 Å². The number of likely N-dealkylation sites (N-methyl/N-ethyl adjacent to an activating group) is 1. The molecule has 0 radical (unpaired) electrons. The number of likely N-dealkylation sites (tertiary alicyclic amines) is 1. The number of nitrogens with zero attached hydrogens (tertiary/aromatic N) is 3. The predicted molar refractivity (Wildman–Crippen MR) is 104 cm³/mol. The van der Waals surface area contributed by atoms with Crippen molar-refractivity contribution in [2.45, 2.75) is 12.5 Å². The number of rotatable bonds is 3. The Balaban J connectivity index is 1.79. The number of ether oxygens (including phenoxy) is 1. The molecule has 0 unspecified atom stereocenters. The Labute approximate surface area is 158 Å². The Morgan fingerprint density at radius 3 is 2.59 bits per heavy atom. The summed E-state index contributed by atoms with van der Waals surface area (Å²) in [5.74, 6) is 0.139. The highest BCUT2D eigenvalue weighted by molar-refractivity contribution is 6.01. The van der Waals surface area contributed by atoms with Gasteiger partial charge in [0.1, 0.15) is 11.1 Å². The molecule has 27 heavy (non-hydrogen) atoms. The van der Waals surface area contributed by atoms with Crippen molar-refractivity contribution >= 4 is 22.8 Å². The van der Waals surface area contributed by atoms with Gasteiger partial charge < -0.3 is 23.9 Å². The van der Waals surface area contributed by atoms with Crippen LogP contribution in [-0.2, 0) is 4.74 Å². The highest BCUT2D eigenvalue weighted by Crippen LogP contribution is 2.27. The molecule has 144 valence electrons. The van der Waals surface area contributed by atoms with Crippen LogP contribution in [0.3, 0.4) is 0 Å². The number of hydrogen-bond acceptors (Lipinski definition) is 6. The van der Waals surface area contributed by atoms with Crippen LogP contribution in [0.1, 0.15) is 16.8 Å². The Kier molecular flexibility index (Phi) is 4.88. The van der Waals surface area contributed by atoms with E-state index in [1.54, 1.807) is 23.1 Å². The van der Waals surface area contributed by atoms with Gasteiger partial charge in [-0.3, -0.25) is 9.59 Å². The van der Waals surface area contributed by atoms with Crippen LogP contribution in [0.25, 0.3) is 11.0 Å². The number of hydrogen-bond donors (Lipinski definition) is 0. The average molecular weight is 371 g/mol. The topological polar surface area (TPSA) is 66.2 Å². The lowest BCUT2D eigenvalue weighted by atomic mass is 10.1. The van der Waals surface area contributed by atoms with Crippen LogP contribution < -0.4 is 10.3 Å². The summed E-state index contributed by atoms with van der Waals surface area (Å²) < 4.78 is 11.5. The lowest BCUT2D eigenvalue weighted by Crippen LogP contribution is -2.41. The maximum absolute atomic E-state index is 13.3. The Bertz CT molecular complexity index is 902. The number of anilines is 1. The normalized spacial score (nSPS) is 20.6. The highest BCUT2D eigenvalue weighted by atomic mass is 16.5. The number of morpholine rings is 1. The molecule has 1 atom stereocenters. The van der Waals surface area contributed by atoms with Crippen LogP contribution in [0.4, 0.5) is 5.88 Å². The number of amides is 1. The molecule has 2 saturated heterocycles. The van der Waals surface area contributed by atoms with Crippen molar-refractivity contribution in [3.8, 4) is 0 Å². The lowest BCUT2D eigenvalue weighted by Gasteiger charge is -2.29. The second-order valence-corrected chi connectivity index (χ2v) is 7.36. The number of carbonyl (C=O) groups excluding carboxylic acids is 1. The van der Waals surface area contributed by atoms with E-state index in [9.17, 15) is 9.59 Å². The maximum Gasteiger partial charge on any atom is 0.263 e. The van der Waals surface area contributed by atoms with Crippen molar-refractivity contribution in [3.05, 3.63) is 40.1 Å². The minimum Gasteiger partial charge on any atom is -0.439 e. The molecular formula is C20H25N3O4. The summed E-state index contributed by atoms with van der Waals surface area (Å²) in [4.78, 5) is 32.4. The van der Waals surface area contributed by atoms with E-state index >= 15 is 0 Å². The van der Waals surface area contributed by atoms with E-state index in [0.717, 1.165) is 6.42 Å². The minimum atomic E-state index is -0.253. The molecule has 0 aliphatic carbocycles. The lowest BCUT2D eigenvalue weighted by molar-refractivity contribution is 0.0778. The Morgan fingerprint density at radius 1 is 1.15 bits per heavy atom. The van der Waals surface area contributed by atoms with E-state index in [-0.39, 0.29) is 16.9 Å². The van der Waals surface area contributed by atoms with Crippen LogP contribution in [0.5, 0.6) is 0 Å². The number of carbonyl (C=O) groups is 1. The van der Waals surface area contributed by atoms with E-state index in [4.69, 9.17) is 9.15 Å². The molecule has 0 saturated carbocycles.